The molecular formula is C11H19NO3. The zero-order valence-corrected chi connectivity index (χ0v) is 9.63. The first-order valence-corrected chi connectivity index (χ1v) is 5.30. The summed E-state index contributed by atoms with van der Waals surface area (Å²) in [6.45, 7) is 5.83. The molecule has 1 rings (SSSR count). The number of amides is 1. The molecular weight excluding hydrogens is 194 g/mol. The second kappa shape index (κ2) is 4.21. The molecule has 4 nitrogen and oxygen atoms in total. The molecule has 86 valence electrons. The molecule has 0 aliphatic heterocycles. The molecule has 1 fully saturated rings. The van der Waals surface area contributed by atoms with E-state index in [1.807, 2.05) is 20.8 Å². The molecule has 0 aromatic carbocycles. The van der Waals surface area contributed by atoms with Crippen molar-refractivity contribution < 1.29 is 14.3 Å². The average Bonchev–Trinajstić information content (AvgIpc) is 1.99. The number of alkyl carbamates (subject to hydrolysis) is 1. The van der Waals surface area contributed by atoms with Crippen molar-refractivity contribution in [2.45, 2.75) is 45.6 Å². The zero-order chi connectivity index (χ0) is 11.5. The van der Waals surface area contributed by atoms with Gasteiger partial charge in [-0.15, -0.1) is 0 Å². The first kappa shape index (κ1) is 12.0. The summed E-state index contributed by atoms with van der Waals surface area (Å²) >= 11 is 0. The maximum absolute atomic E-state index is 11.3. The molecule has 0 aromatic rings. The Kier molecular flexibility index (Phi) is 3.37. The van der Waals surface area contributed by atoms with Crippen LogP contribution in [0.2, 0.25) is 0 Å². The number of carbonyl (C=O) groups excluding carboxylic acids is 2. The van der Waals surface area contributed by atoms with Crippen molar-refractivity contribution in [3.63, 3.8) is 0 Å². The summed E-state index contributed by atoms with van der Waals surface area (Å²) in [6, 6.07) is 0. The Hall–Kier alpha value is -1.06. The molecule has 1 saturated carbocycles. The number of aldehydes is 1. The summed E-state index contributed by atoms with van der Waals surface area (Å²) in [6.07, 6.45) is 3.30. The van der Waals surface area contributed by atoms with E-state index >= 15 is 0 Å². The van der Waals surface area contributed by atoms with Crippen LogP contribution in [0.15, 0.2) is 0 Å². The monoisotopic (exact) mass is 213 g/mol. The van der Waals surface area contributed by atoms with Crippen molar-refractivity contribution in [3.05, 3.63) is 0 Å². The number of hydrogen-bond acceptors (Lipinski definition) is 3. The van der Waals surface area contributed by atoms with Crippen LogP contribution in [0.3, 0.4) is 0 Å². The van der Waals surface area contributed by atoms with Gasteiger partial charge in [-0.2, -0.15) is 0 Å². The van der Waals surface area contributed by atoms with Crippen molar-refractivity contribution in [2.75, 3.05) is 6.54 Å². The van der Waals surface area contributed by atoms with Crippen LogP contribution in [0.5, 0.6) is 0 Å². The van der Waals surface area contributed by atoms with Gasteiger partial charge in [0.15, 0.2) is 0 Å². The van der Waals surface area contributed by atoms with Crippen LogP contribution < -0.4 is 5.32 Å². The van der Waals surface area contributed by atoms with Gasteiger partial charge in [0.1, 0.15) is 11.9 Å². The smallest absolute Gasteiger partial charge is 0.407 e. The standard InChI is InChI=1S/C11H19NO3/c1-10(2,3)15-9(14)12-7-11(8-13)5-4-6-11/h8H,4-7H2,1-3H3,(H,12,14). The lowest BCUT2D eigenvalue weighted by Gasteiger charge is -2.36. The third-order valence-electron chi connectivity index (χ3n) is 2.58. The van der Waals surface area contributed by atoms with E-state index < -0.39 is 11.7 Å². The SMILES string of the molecule is CC(C)(C)OC(=O)NCC1(C=O)CCC1. The normalized spacial score (nSPS) is 18.9. The highest BCUT2D eigenvalue weighted by molar-refractivity contribution is 5.69. The maximum atomic E-state index is 11.3. The molecule has 0 heterocycles. The summed E-state index contributed by atoms with van der Waals surface area (Å²) in [5.41, 5.74) is -0.811. The van der Waals surface area contributed by atoms with Gasteiger partial charge in [0.05, 0.1) is 0 Å². The van der Waals surface area contributed by atoms with Gasteiger partial charge in [-0.05, 0) is 33.6 Å². The molecule has 0 atom stereocenters. The van der Waals surface area contributed by atoms with Crippen LogP contribution in [0.1, 0.15) is 40.0 Å². The Morgan fingerprint density at radius 3 is 2.40 bits per heavy atom. The second-order valence-electron chi connectivity index (χ2n) is 5.19. The molecule has 1 aliphatic rings. The Labute approximate surface area is 90.4 Å². The molecule has 0 spiro atoms. The number of hydrogen-bond donors (Lipinski definition) is 1. The van der Waals surface area contributed by atoms with E-state index in [0.29, 0.717) is 6.54 Å². The lowest BCUT2D eigenvalue weighted by Crippen LogP contribution is -2.44. The summed E-state index contributed by atoms with van der Waals surface area (Å²) in [4.78, 5) is 22.1. The van der Waals surface area contributed by atoms with E-state index in [1.54, 1.807) is 0 Å². The molecule has 0 unspecified atom stereocenters. The lowest BCUT2D eigenvalue weighted by molar-refractivity contribution is -0.120. The van der Waals surface area contributed by atoms with Gasteiger partial charge in [-0.25, -0.2) is 4.79 Å². The van der Waals surface area contributed by atoms with Gasteiger partial charge in [0.2, 0.25) is 0 Å². The minimum atomic E-state index is -0.488. The van der Waals surface area contributed by atoms with E-state index in [-0.39, 0.29) is 5.41 Å². The van der Waals surface area contributed by atoms with Gasteiger partial charge in [0.25, 0.3) is 0 Å². The Bertz CT molecular complexity index is 251. The number of ether oxygens (including phenoxy) is 1. The predicted molar refractivity (Wildman–Crippen MR) is 56.6 cm³/mol. The third kappa shape index (κ3) is 3.53. The quantitative estimate of drug-likeness (QED) is 0.728. The van der Waals surface area contributed by atoms with Crippen LogP contribution in [0.4, 0.5) is 4.79 Å². The Morgan fingerprint density at radius 1 is 1.47 bits per heavy atom. The molecule has 1 aliphatic carbocycles. The predicted octanol–water partition coefficient (Wildman–Crippen LogP) is 1.88. The molecule has 0 bridgehead atoms. The van der Waals surface area contributed by atoms with Gasteiger partial charge < -0.3 is 14.8 Å². The van der Waals surface area contributed by atoms with Crippen LogP contribution in [-0.2, 0) is 9.53 Å². The molecule has 0 aromatic heterocycles. The summed E-state index contributed by atoms with van der Waals surface area (Å²) in [7, 11) is 0. The first-order valence-electron chi connectivity index (χ1n) is 5.30. The fraction of sp³-hybridized carbons (Fsp3) is 0.818. The molecule has 1 amide bonds. The Morgan fingerprint density at radius 2 is 2.07 bits per heavy atom. The summed E-state index contributed by atoms with van der Waals surface area (Å²) in [5.74, 6) is 0. The highest BCUT2D eigenvalue weighted by Gasteiger charge is 2.37. The molecule has 0 saturated heterocycles. The second-order valence-corrected chi connectivity index (χ2v) is 5.19. The van der Waals surface area contributed by atoms with Gasteiger partial charge in [0, 0.05) is 12.0 Å². The fourth-order valence-corrected chi connectivity index (χ4v) is 1.53. The van der Waals surface area contributed by atoms with Crippen molar-refractivity contribution in [1.82, 2.24) is 5.32 Å². The van der Waals surface area contributed by atoms with Crippen LogP contribution >= 0.6 is 0 Å². The minimum Gasteiger partial charge on any atom is -0.444 e. The molecule has 15 heavy (non-hydrogen) atoms. The van der Waals surface area contributed by atoms with Crippen molar-refractivity contribution in [2.24, 2.45) is 5.41 Å². The van der Waals surface area contributed by atoms with E-state index in [2.05, 4.69) is 5.32 Å². The average molecular weight is 213 g/mol. The third-order valence-corrected chi connectivity index (χ3v) is 2.58. The molecule has 0 radical (unpaired) electrons. The highest BCUT2D eigenvalue weighted by atomic mass is 16.6. The van der Waals surface area contributed by atoms with Gasteiger partial charge >= 0.3 is 6.09 Å². The zero-order valence-electron chi connectivity index (χ0n) is 9.63. The fourth-order valence-electron chi connectivity index (χ4n) is 1.53. The van der Waals surface area contributed by atoms with Crippen LogP contribution in [-0.4, -0.2) is 24.5 Å². The van der Waals surface area contributed by atoms with Crippen molar-refractivity contribution in [3.8, 4) is 0 Å². The maximum Gasteiger partial charge on any atom is 0.407 e. The van der Waals surface area contributed by atoms with Crippen LogP contribution in [0, 0.1) is 5.41 Å². The number of nitrogens with one attached hydrogen (secondary N) is 1. The van der Waals surface area contributed by atoms with E-state index in [9.17, 15) is 9.59 Å². The minimum absolute atomic E-state index is 0.323. The van der Waals surface area contributed by atoms with E-state index in [1.165, 1.54) is 0 Å². The number of carbonyl (C=O) groups is 2. The Balaban J connectivity index is 2.30. The van der Waals surface area contributed by atoms with Gasteiger partial charge in [-0.3, -0.25) is 0 Å². The largest absolute Gasteiger partial charge is 0.444 e. The highest BCUT2D eigenvalue weighted by Crippen LogP contribution is 2.38. The van der Waals surface area contributed by atoms with Gasteiger partial charge in [-0.1, -0.05) is 6.42 Å². The summed E-state index contributed by atoms with van der Waals surface area (Å²) in [5, 5.41) is 2.64. The topological polar surface area (TPSA) is 55.4 Å². The molecule has 4 heteroatoms. The van der Waals surface area contributed by atoms with Crippen LogP contribution in [0.25, 0.3) is 0 Å². The molecule has 1 N–H and O–H groups in total. The van der Waals surface area contributed by atoms with E-state index in [4.69, 9.17) is 4.74 Å². The van der Waals surface area contributed by atoms with Crippen molar-refractivity contribution >= 4 is 12.4 Å². The number of rotatable bonds is 3. The van der Waals surface area contributed by atoms with E-state index in [0.717, 1.165) is 25.5 Å². The summed E-state index contributed by atoms with van der Waals surface area (Å²) < 4.78 is 5.08. The lowest BCUT2D eigenvalue weighted by atomic mass is 9.70. The van der Waals surface area contributed by atoms with Crippen molar-refractivity contribution in [1.29, 1.82) is 0 Å². The first-order chi connectivity index (χ1) is 6.87.